The van der Waals surface area contributed by atoms with Gasteiger partial charge in [0.1, 0.15) is 10.6 Å². The molecule has 6 heteroatoms. The lowest BCUT2D eigenvalue weighted by Crippen LogP contribution is -2.12. The summed E-state index contributed by atoms with van der Waals surface area (Å²) in [7, 11) is -4.00. The van der Waals surface area contributed by atoms with Gasteiger partial charge in [0.2, 0.25) is 0 Å². The third kappa shape index (κ3) is 3.94. The minimum absolute atomic E-state index is 0.0170. The lowest BCUT2D eigenvalue weighted by atomic mass is 9.87. The van der Waals surface area contributed by atoms with E-state index in [9.17, 15) is 8.42 Å². The maximum Gasteiger partial charge on any atom is 0.340 e. The third-order valence-electron chi connectivity index (χ3n) is 3.09. The number of benzene rings is 2. The van der Waals surface area contributed by atoms with Gasteiger partial charge in [0.05, 0.1) is 5.02 Å². The molecular weight excluding hydrogens is 343 g/mol. The van der Waals surface area contributed by atoms with Crippen molar-refractivity contribution in [1.82, 2.24) is 0 Å². The Kier molecular flexibility index (Phi) is 4.76. The Balaban J connectivity index is 2.29. The van der Waals surface area contributed by atoms with Crippen LogP contribution in [0.1, 0.15) is 26.3 Å². The van der Waals surface area contributed by atoms with Crippen LogP contribution in [0.15, 0.2) is 47.4 Å². The molecule has 22 heavy (non-hydrogen) atoms. The van der Waals surface area contributed by atoms with Gasteiger partial charge in [-0.1, -0.05) is 56.1 Å². The van der Waals surface area contributed by atoms with Gasteiger partial charge in [0, 0.05) is 5.02 Å². The van der Waals surface area contributed by atoms with E-state index in [-0.39, 0.29) is 21.1 Å². The lowest BCUT2D eigenvalue weighted by molar-refractivity contribution is 0.485. The molecule has 0 spiro atoms. The fourth-order valence-corrected chi connectivity index (χ4v) is 3.54. The Morgan fingerprint density at radius 2 is 1.55 bits per heavy atom. The van der Waals surface area contributed by atoms with Crippen molar-refractivity contribution in [1.29, 1.82) is 0 Å². The number of hydrogen-bond acceptors (Lipinski definition) is 3. The summed E-state index contributed by atoms with van der Waals surface area (Å²) >= 11 is 11.7. The zero-order valence-corrected chi connectivity index (χ0v) is 14.8. The fraction of sp³-hybridized carbons (Fsp3) is 0.250. The first-order valence-corrected chi connectivity index (χ1v) is 8.76. The molecule has 0 aliphatic rings. The van der Waals surface area contributed by atoms with Crippen molar-refractivity contribution in [3.8, 4) is 5.75 Å². The summed E-state index contributed by atoms with van der Waals surface area (Å²) in [6, 6.07) is 11.1. The second-order valence-electron chi connectivity index (χ2n) is 5.89. The quantitative estimate of drug-likeness (QED) is 0.720. The van der Waals surface area contributed by atoms with Gasteiger partial charge < -0.3 is 4.18 Å². The van der Waals surface area contributed by atoms with E-state index in [2.05, 4.69) is 20.8 Å². The summed E-state index contributed by atoms with van der Waals surface area (Å²) in [5.74, 6) is 0.235. The van der Waals surface area contributed by atoms with Gasteiger partial charge in [-0.05, 0) is 41.3 Å². The number of halogens is 2. The molecule has 0 unspecified atom stereocenters. The highest BCUT2D eigenvalue weighted by molar-refractivity contribution is 7.87. The molecule has 0 heterocycles. The number of hydrogen-bond donors (Lipinski definition) is 0. The molecule has 2 aromatic rings. The topological polar surface area (TPSA) is 43.4 Å². The Morgan fingerprint density at radius 1 is 0.955 bits per heavy atom. The largest absolute Gasteiger partial charge is 0.379 e. The Morgan fingerprint density at radius 3 is 2.05 bits per heavy atom. The van der Waals surface area contributed by atoms with Crippen LogP contribution in [0.25, 0.3) is 0 Å². The second-order valence-corrected chi connectivity index (χ2v) is 8.24. The molecule has 0 atom stereocenters. The molecule has 0 aliphatic heterocycles. The first kappa shape index (κ1) is 17.1. The Bertz CT molecular complexity index is 776. The summed E-state index contributed by atoms with van der Waals surface area (Å²) in [5, 5.41) is 0.386. The second kappa shape index (κ2) is 6.11. The van der Waals surface area contributed by atoms with E-state index in [1.807, 2.05) is 12.1 Å². The van der Waals surface area contributed by atoms with Crippen LogP contribution in [-0.2, 0) is 15.5 Å². The van der Waals surface area contributed by atoms with Crippen LogP contribution in [0.3, 0.4) is 0 Å². The van der Waals surface area contributed by atoms with Crippen LogP contribution in [0.4, 0.5) is 0 Å². The highest BCUT2D eigenvalue weighted by atomic mass is 35.5. The van der Waals surface area contributed by atoms with Crippen molar-refractivity contribution in [3.05, 3.63) is 58.1 Å². The van der Waals surface area contributed by atoms with Crippen molar-refractivity contribution in [3.63, 3.8) is 0 Å². The van der Waals surface area contributed by atoms with Crippen LogP contribution in [0, 0.1) is 0 Å². The predicted molar refractivity (Wildman–Crippen MR) is 89.4 cm³/mol. The maximum atomic E-state index is 12.3. The molecule has 0 N–H and O–H groups in total. The van der Waals surface area contributed by atoms with Crippen molar-refractivity contribution in [2.24, 2.45) is 0 Å². The summed E-state index contributed by atoms with van der Waals surface area (Å²) in [6.45, 7) is 6.23. The normalized spacial score (nSPS) is 12.2. The highest BCUT2D eigenvalue weighted by Crippen LogP contribution is 2.29. The van der Waals surface area contributed by atoms with Gasteiger partial charge in [0.25, 0.3) is 0 Å². The predicted octanol–water partition coefficient (Wildman–Crippen LogP) is 5.06. The lowest BCUT2D eigenvalue weighted by Gasteiger charge is -2.19. The zero-order valence-electron chi connectivity index (χ0n) is 12.4. The SMILES string of the molecule is CC(C)(C)c1ccc(OS(=O)(=O)c2ccc(Cl)cc2Cl)cc1. The van der Waals surface area contributed by atoms with Crippen molar-refractivity contribution in [2.75, 3.05) is 0 Å². The Labute approximate surface area is 141 Å². The average Bonchev–Trinajstić information content (AvgIpc) is 2.37. The van der Waals surface area contributed by atoms with Crippen LogP contribution in [-0.4, -0.2) is 8.42 Å². The van der Waals surface area contributed by atoms with E-state index in [0.717, 1.165) is 5.56 Å². The molecule has 0 radical (unpaired) electrons. The standard InChI is InChI=1S/C16H16Cl2O3S/c1-16(2,3)11-4-7-13(8-5-11)21-22(19,20)15-9-6-12(17)10-14(15)18/h4-10H,1-3H3. The van der Waals surface area contributed by atoms with E-state index in [1.54, 1.807) is 12.1 Å². The average molecular weight is 359 g/mol. The third-order valence-corrected chi connectivity index (χ3v) is 5.06. The van der Waals surface area contributed by atoms with Gasteiger partial charge in [-0.3, -0.25) is 0 Å². The van der Waals surface area contributed by atoms with Gasteiger partial charge >= 0.3 is 10.1 Å². The molecule has 0 amide bonds. The molecule has 0 bridgehead atoms. The summed E-state index contributed by atoms with van der Waals surface area (Å²) in [6.07, 6.45) is 0. The fourth-order valence-electron chi connectivity index (χ4n) is 1.86. The molecule has 0 saturated carbocycles. The van der Waals surface area contributed by atoms with E-state index in [0.29, 0.717) is 5.02 Å². The zero-order chi connectivity index (χ0) is 16.5. The molecule has 0 aromatic heterocycles. The van der Waals surface area contributed by atoms with Crippen molar-refractivity contribution in [2.45, 2.75) is 31.1 Å². The molecule has 0 fully saturated rings. The van der Waals surface area contributed by atoms with Crippen LogP contribution < -0.4 is 4.18 Å². The van der Waals surface area contributed by atoms with Gasteiger partial charge in [-0.25, -0.2) is 0 Å². The van der Waals surface area contributed by atoms with Crippen LogP contribution in [0.2, 0.25) is 10.0 Å². The van der Waals surface area contributed by atoms with Gasteiger partial charge in [-0.2, -0.15) is 8.42 Å². The summed E-state index contributed by atoms with van der Waals surface area (Å²) in [5.41, 5.74) is 1.07. The first-order chi connectivity index (χ1) is 10.1. The number of rotatable bonds is 3. The van der Waals surface area contributed by atoms with E-state index in [1.165, 1.54) is 18.2 Å². The summed E-state index contributed by atoms with van der Waals surface area (Å²) < 4.78 is 29.7. The molecule has 0 aliphatic carbocycles. The molecule has 0 saturated heterocycles. The van der Waals surface area contributed by atoms with E-state index in [4.69, 9.17) is 27.4 Å². The molecular formula is C16H16Cl2O3S. The maximum absolute atomic E-state index is 12.3. The summed E-state index contributed by atoms with van der Waals surface area (Å²) in [4.78, 5) is -0.113. The minimum atomic E-state index is -4.00. The highest BCUT2D eigenvalue weighted by Gasteiger charge is 2.21. The van der Waals surface area contributed by atoms with E-state index >= 15 is 0 Å². The minimum Gasteiger partial charge on any atom is -0.379 e. The monoisotopic (exact) mass is 358 g/mol. The smallest absolute Gasteiger partial charge is 0.340 e. The molecule has 2 rings (SSSR count). The van der Waals surface area contributed by atoms with Crippen molar-refractivity contribution >= 4 is 33.3 Å². The van der Waals surface area contributed by atoms with Crippen molar-refractivity contribution < 1.29 is 12.6 Å². The first-order valence-electron chi connectivity index (χ1n) is 6.60. The van der Waals surface area contributed by atoms with Crippen LogP contribution >= 0.6 is 23.2 Å². The van der Waals surface area contributed by atoms with E-state index < -0.39 is 10.1 Å². The molecule has 118 valence electrons. The molecule has 3 nitrogen and oxygen atoms in total. The van der Waals surface area contributed by atoms with Crippen LogP contribution in [0.5, 0.6) is 5.75 Å². The Hall–Kier alpha value is -1.23. The molecule has 2 aromatic carbocycles. The van der Waals surface area contributed by atoms with Gasteiger partial charge in [-0.15, -0.1) is 0 Å². The van der Waals surface area contributed by atoms with Gasteiger partial charge in [0.15, 0.2) is 0 Å².